The van der Waals surface area contributed by atoms with E-state index in [-0.39, 0.29) is 18.0 Å². The highest BCUT2D eigenvalue weighted by molar-refractivity contribution is 7.18. The highest BCUT2D eigenvalue weighted by atomic mass is 35.5. The number of hydrogen-bond donors (Lipinski definition) is 0. The minimum Gasteiger partial charge on any atom is -0.342 e. The molecule has 0 bridgehead atoms. The largest absolute Gasteiger partial charge is 0.342 e. The molecule has 2 heterocycles. The van der Waals surface area contributed by atoms with E-state index in [0.717, 1.165) is 15.0 Å². The van der Waals surface area contributed by atoms with E-state index in [1.165, 1.54) is 15.9 Å². The van der Waals surface area contributed by atoms with Crippen molar-refractivity contribution in [1.82, 2.24) is 14.0 Å². The minimum absolute atomic E-state index is 0.107. The Balaban J connectivity index is 2.32. The standard InChI is InChI=1S/C20H22ClN3O3S/c1-5-22(6-2)16(25)11-23-19-17(12(3)13(4)28-19)18(26)24(20(23)27)15-9-7-14(21)8-10-15/h7-10H,5-6,11H2,1-4H3. The SMILES string of the molecule is CCN(CC)C(=O)Cn1c(=O)n(-c2ccc(Cl)cc2)c(=O)c2c(C)c(C)sc21. The fourth-order valence-electron chi connectivity index (χ4n) is 3.23. The highest BCUT2D eigenvalue weighted by Crippen LogP contribution is 2.27. The van der Waals surface area contributed by atoms with Crippen LogP contribution in [-0.4, -0.2) is 33.0 Å². The van der Waals surface area contributed by atoms with E-state index in [1.54, 1.807) is 29.2 Å². The van der Waals surface area contributed by atoms with Crippen LogP contribution in [0.15, 0.2) is 33.9 Å². The smallest absolute Gasteiger partial charge is 0.337 e. The molecule has 0 saturated carbocycles. The summed E-state index contributed by atoms with van der Waals surface area (Å²) < 4.78 is 2.53. The number of amides is 1. The summed E-state index contributed by atoms with van der Waals surface area (Å²) in [6, 6.07) is 6.51. The van der Waals surface area contributed by atoms with Crippen LogP contribution in [0.1, 0.15) is 24.3 Å². The Labute approximate surface area is 171 Å². The summed E-state index contributed by atoms with van der Waals surface area (Å²) in [5.41, 5.74) is 0.350. The zero-order chi connectivity index (χ0) is 20.6. The van der Waals surface area contributed by atoms with Gasteiger partial charge in [-0.1, -0.05) is 11.6 Å². The maximum absolute atomic E-state index is 13.3. The van der Waals surface area contributed by atoms with Crippen LogP contribution < -0.4 is 11.2 Å². The van der Waals surface area contributed by atoms with Crippen molar-refractivity contribution in [2.45, 2.75) is 34.2 Å². The number of nitrogens with zero attached hydrogens (tertiary/aromatic N) is 3. The van der Waals surface area contributed by atoms with Gasteiger partial charge in [-0.3, -0.25) is 14.2 Å². The molecule has 0 saturated heterocycles. The Hall–Kier alpha value is -2.38. The topological polar surface area (TPSA) is 64.3 Å². The maximum Gasteiger partial charge on any atom is 0.337 e. The van der Waals surface area contributed by atoms with Crippen LogP contribution in [0.2, 0.25) is 5.02 Å². The number of rotatable bonds is 5. The van der Waals surface area contributed by atoms with Gasteiger partial charge in [0.1, 0.15) is 11.4 Å². The molecule has 3 aromatic rings. The van der Waals surface area contributed by atoms with Gasteiger partial charge in [-0.2, -0.15) is 0 Å². The molecule has 0 N–H and O–H groups in total. The van der Waals surface area contributed by atoms with Crippen LogP contribution in [-0.2, 0) is 11.3 Å². The summed E-state index contributed by atoms with van der Waals surface area (Å²) in [7, 11) is 0. The summed E-state index contributed by atoms with van der Waals surface area (Å²) in [6.07, 6.45) is 0. The maximum atomic E-state index is 13.3. The lowest BCUT2D eigenvalue weighted by atomic mass is 10.2. The van der Waals surface area contributed by atoms with Gasteiger partial charge in [-0.15, -0.1) is 11.3 Å². The average Bonchev–Trinajstić information content (AvgIpc) is 2.96. The molecule has 0 spiro atoms. The zero-order valence-corrected chi connectivity index (χ0v) is 17.9. The normalized spacial score (nSPS) is 11.2. The molecule has 0 unspecified atom stereocenters. The number of hydrogen-bond acceptors (Lipinski definition) is 4. The number of fused-ring (bicyclic) bond motifs is 1. The van der Waals surface area contributed by atoms with E-state index in [4.69, 9.17) is 11.6 Å². The van der Waals surface area contributed by atoms with Crippen molar-refractivity contribution in [3.63, 3.8) is 0 Å². The van der Waals surface area contributed by atoms with Crippen molar-refractivity contribution in [2.24, 2.45) is 0 Å². The minimum atomic E-state index is -0.526. The van der Waals surface area contributed by atoms with Crippen molar-refractivity contribution in [3.05, 3.63) is 60.6 Å². The number of thiophene rings is 1. The first-order valence-electron chi connectivity index (χ1n) is 9.09. The van der Waals surface area contributed by atoms with Gasteiger partial charge in [0.2, 0.25) is 5.91 Å². The van der Waals surface area contributed by atoms with Crippen molar-refractivity contribution in [2.75, 3.05) is 13.1 Å². The molecule has 0 aliphatic rings. The van der Waals surface area contributed by atoms with Crippen LogP contribution in [0, 0.1) is 13.8 Å². The van der Waals surface area contributed by atoms with E-state index < -0.39 is 5.69 Å². The second-order valence-electron chi connectivity index (χ2n) is 6.52. The second kappa shape index (κ2) is 7.93. The average molecular weight is 420 g/mol. The third-order valence-electron chi connectivity index (χ3n) is 4.95. The molecule has 0 aliphatic carbocycles. The van der Waals surface area contributed by atoms with E-state index in [9.17, 15) is 14.4 Å². The summed E-state index contributed by atoms with van der Waals surface area (Å²) in [4.78, 5) is 42.3. The third kappa shape index (κ3) is 3.40. The number of aryl methyl sites for hydroxylation is 2. The first-order valence-corrected chi connectivity index (χ1v) is 10.3. The molecule has 148 valence electrons. The van der Waals surface area contributed by atoms with Gasteiger partial charge < -0.3 is 4.90 Å². The first-order chi connectivity index (χ1) is 13.3. The molecule has 3 rings (SSSR count). The van der Waals surface area contributed by atoms with Gasteiger partial charge in [-0.25, -0.2) is 9.36 Å². The number of aromatic nitrogens is 2. The van der Waals surface area contributed by atoms with Gasteiger partial charge in [-0.05, 0) is 57.5 Å². The Morgan fingerprint density at radius 1 is 1.11 bits per heavy atom. The quantitative estimate of drug-likeness (QED) is 0.637. The first kappa shape index (κ1) is 20.4. The van der Waals surface area contributed by atoms with Crippen LogP contribution in [0.25, 0.3) is 15.9 Å². The van der Waals surface area contributed by atoms with E-state index in [0.29, 0.717) is 34.0 Å². The van der Waals surface area contributed by atoms with Crippen molar-refractivity contribution < 1.29 is 4.79 Å². The van der Waals surface area contributed by atoms with Crippen molar-refractivity contribution in [3.8, 4) is 5.69 Å². The fourth-order valence-corrected chi connectivity index (χ4v) is 4.49. The molecule has 8 heteroatoms. The Morgan fingerprint density at radius 3 is 2.29 bits per heavy atom. The molecule has 0 radical (unpaired) electrons. The van der Waals surface area contributed by atoms with Gasteiger partial charge in [0.15, 0.2) is 0 Å². The number of carbonyl (C=O) groups is 1. The van der Waals surface area contributed by atoms with Gasteiger partial charge in [0.05, 0.1) is 11.1 Å². The number of halogens is 1. The molecular weight excluding hydrogens is 398 g/mol. The van der Waals surface area contributed by atoms with Gasteiger partial charge in [0, 0.05) is 23.0 Å². The summed E-state index contributed by atoms with van der Waals surface area (Å²) >= 11 is 7.32. The Bertz CT molecular complexity index is 1150. The number of carbonyl (C=O) groups excluding carboxylic acids is 1. The molecule has 1 aromatic carbocycles. The highest BCUT2D eigenvalue weighted by Gasteiger charge is 2.22. The van der Waals surface area contributed by atoms with Gasteiger partial charge >= 0.3 is 5.69 Å². The lowest BCUT2D eigenvalue weighted by Crippen LogP contribution is -2.42. The molecule has 2 aromatic heterocycles. The molecule has 6 nitrogen and oxygen atoms in total. The zero-order valence-electron chi connectivity index (χ0n) is 16.3. The Kier molecular flexibility index (Phi) is 5.76. The van der Waals surface area contributed by atoms with Crippen LogP contribution in [0.4, 0.5) is 0 Å². The second-order valence-corrected chi connectivity index (χ2v) is 8.15. The Morgan fingerprint density at radius 2 is 1.71 bits per heavy atom. The van der Waals surface area contributed by atoms with E-state index in [1.807, 2.05) is 27.7 Å². The summed E-state index contributed by atoms with van der Waals surface area (Å²) in [5.74, 6) is -0.154. The molecular formula is C20H22ClN3O3S. The third-order valence-corrected chi connectivity index (χ3v) is 6.43. The number of likely N-dealkylation sites (N-methyl/N-ethyl adjacent to an activating group) is 1. The van der Waals surface area contributed by atoms with E-state index >= 15 is 0 Å². The van der Waals surface area contributed by atoms with Crippen molar-refractivity contribution >= 4 is 39.1 Å². The molecule has 0 atom stereocenters. The van der Waals surface area contributed by atoms with Gasteiger partial charge in [0.25, 0.3) is 5.56 Å². The molecule has 0 aliphatic heterocycles. The molecule has 1 amide bonds. The van der Waals surface area contributed by atoms with E-state index in [2.05, 4.69) is 0 Å². The molecule has 28 heavy (non-hydrogen) atoms. The monoisotopic (exact) mass is 419 g/mol. The predicted molar refractivity (Wildman–Crippen MR) is 114 cm³/mol. The molecule has 0 fully saturated rings. The summed E-state index contributed by atoms with van der Waals surface area (Å²) in [6.45, 7) is 8.58. The van der Waals surface area contributed by atoms with Crippen molar-refractivity contribution in [1.29, 1.82) is 0 Å². The lowest BCUT2D eigenvalue weighted by Gasteiger charge is -2.20. The van der Waals surface area contributed by atoms with Crippen LogP contribution in [0.3, 0.4) is 0 Å². The fraction of sp³-hybridized carbons (Fsp3) is 0.350. The predicted octanol–water partition coefficient (Wildman–Crippen LogP) is 3.35. The number of benzene rings is 1. The lowest BCUT2D eigenvalue weighted by molar-refractivity contribution is -0.131. The van der Waals surface area contributed by atoms with Crippen LogP contribution in [0.5, 0.6) is 0 Å². The summed E-state index contributed by atoms with van der Waals surface area (Å²) in [5, 5.41) is 0.988. The van der Waals surface area contributed by atoms with Crippen LogP contribution >= 0.6 is 22.9 Å².